The lowest BCUT2D eigenvalue weighted by Gasteiger charge is -2.38. The Labute approximate surface area is 202 Å². The van der Waals surface area contributed by atoms with E-state index >= 15 is 0 Å². The fraction of sp³-hybridized carbons (Fsp3) is 0.292. The summed E-state index contributed by atoms with van der Waals surface area (Å²) in [5, 5.41) is 15.4. The molecule has 1 saturated heterocycles. The van der Waals surface area contributed by atoms with Gasteiger partial charge in [0.05, 0.1) is 35.2 Å². The maximum absolute atomic E-state index is 13.1. The Balaban J connectivity index is 1.32. The van der Waals surface area contributed by atoms with Crippen LogP contribution in [0.5, 0.6) is 0 Å². The highest BCUT2D eigenvalue weighted by Gasteiger charge is 2.35. The van der Waals surface area contributed by atoms with Crippen molar-refractivity contribution in [2.24, 2.45) is 0 Å². The van der Waals surface area contributed by atoms with Crippen molar-refractivity contribution in [1.29, 1.82) is 0 Å². The molecule has 0 bridgehead atoms. The summed E-state index contributed by atoms with van der Waals surface area (Å²) in [7, 11) is 0. The molecular formula is C24H21F3N6O3. The smallest absolute Gasteiger partial charge is 0.388 e. The maximum atomic E-state index is 13.1. The first-order valence-corrected chi connectivity index (χ1v) is 11.2. The van der Waals surface area contributed by atoms with Crippen molar-refractivity contribution in [3.8, 4) is 5.69 Å². The summed E-state index contributed by atoms with van der Waals surface area (Å²) in [5.41, 5.74) is -1.44. The Morgan fingerprint density at radius 1 is 1.08 bits per heavy atom. The minimum Gasteiger partial charge on any atom is -0.388 e. The number of carbonyl (C=O) groups excluding carboxylic acids is 1. The van der Waals surface area contributed by atoms with Crippen molar-refractivity contribution in [3.05, 3.63) is 82.8 Å². The van der Waals surface area contributed by atoms with E-state index in [1.807, 2.05) is 0 Å². The number of amides is 1. The second-order valence-electron chi connectivity index (χ2n) is 8.77. The molecule has 0 unspecified atom stereocenters. The summed E-state index contributed by atoms with van der Waals surface area (Å²) < 4.78 is 41.1. The van der Waals surface area contributed by atoms with E-state index < -0.39 is 22.9 Å². The molecule has 36 heavy (non-hydrogen) atoms. The lowest BCUT2D eigenvalue weighted by atomic mass is 9.91. The first-order valence-electron chi connectivity index (χ1n) is 11.2. The van der Waals surface area contributed by atoms with Crippen LogP contribution in [0.25, 0.3) is 16.7 Å². The first-order chi connectivity index (χ1) is 17.1. The largest absolute Gasteiger partial charge is 0.416 e. The number of hydrogen-bond donors (Lipinski definition) is 1. The van der Waals surface area contributed by atoms with Crippen LogP contribution in [0.3, 0.4) is 0 Å². The molecule has 0 spiro atoms. The molecule has 1 aliphatic heterocycles. The van der Waals surface area contributed by atoms with E-state index in [0.717, 1.165) is 12.1 Å². The molecule has 0 aliphatic carbocycles. The molecule has 12 heteroatoms. The third kappa shape index (κ3) is 4.47. The number of fused-ring (bicyclic) bond motifs is 1. The van der Waals surface area contributed by atoms with Gasteiger partial charge < -0.3 is 10.0 Å². The van der Waals surface area contributed by atoms with Crippen LogP contribution in [-0.4, -0.2) is 58.9 Å². The third-order valence-corrected chi connectivity index (χ3v) is 6.35. The summed E-state index contributed by atoms with van der Waals surface area (Å²) in [6.45, 7) is 0.621. The molecule has 1 N–H and O–H groups in total. The zero-order chi connectivity index (χ0) is 25.5. The van der Waals surface area contributed by atoms with Crippen molar-refractivity contribution >= 4 is 16.9 Å². The molecule has 1 aromatic carbocycles. The van der Waals surface area contributed by atoms with E-state index in [1.54, 1.807) is 23.2 Å². The molecule has 5 rings (SSSR count). The molecule has 186 valence electrons. The van der Waals surface area contributed by atoms with Gasteiger partial charge in [-0.05, 0) is 49.2 Å². The highest BCUT2D eigenvalue weighted by Crippen LogP contribution is 2.30. The SMILES string of the molecule is O=C(c1cccnc1)N1CCC(O)(Cn2cnc3c(cnn3-c3ccc(C(F)(F)F)cc3)c2=O)CC1. The number of nitrogens with zero attached hydrogens (tertiary/aromatic N) is 6. The highest BCUT2D eigenvalue weighted by atomic mass is 19.4. The van der Waals surface area contributed by atoms with Crippen molar-refractivity contribution in [3.63, 3.8) is 0 Å². The number of hydrogen-bond acceptors (Lipinski definition) is 6. The fourth-order valence-electron chi connectivity index (χ4n) is 4.31. The standard InChI is InChI=1S/C24H21F3N6O3/c25-24(26,27)17-3-5-18(6-4-17)33-20-19(13-30-33)22(35)32(15-29-20)14-23(36)7-10-31(11-8-23)21(34)16-2-1-9-28-12-16/h1-6,9,12-13,15,36H,7-8,10-11,14H2. The van der Waals surface area contributed by atoms with Crippen molar-refractivity contribution < 1.29 is 23.1 Å². The van der Waals surface area contributed by atoms with Crippen LogP contribution in [0.15, 0.2) is 66.1 Å². The molecule has 0 saturated carbocycles. The number of halogens is 3. The molecule has 0 atom stereocenters. The second-order valence-corrected chi connectivity index (χ2v) is 8.77. The van der Waals surface area contributed by atoms with Crippen LogP contribution in [-0.2, 0) is 12.7 Å². The number of aliphatic hydroxyl groups is 1. The molecule has 1 fully saturated rings. The van der Waals surface area contributed by atoms with Gasteiger partial charge in [-0.15, -0.1) is 0 Å². The summed E-state index contributed by atoms with van der Waals surface area (Å²) in [5.74, 6) is -0.166. The monoisotopic (exact) mass is 498 g/mol. The Morgan fingerprint density at radius 2 is 1.81 bits per heavy atom. The molecule has 1 amide bonds. The Morgan fingerprint density at radius 3 is 2.44 bits per heavy atom. The zero-order valence-electron chi connectivity index (χ0n) is 18.9. The number of rotatable bonds is 4. The van der Waals surface area contributed by atoms with E-state index in [1.165, 1.54) is 40.1 Å². The molecule has 3 aromatic heterocycles. The summed E-state index contributed by atoms with van der Waals surface area (Å²) in [6, 6.07) is 7.75. The average molecular weight is 498 g/mol. The van der Waals surface area contributed by atoms with Gasteiger partial charge in [0.15, 0.2) is 5.65 Å². The Hall–Kier alpha value is -4.06. The number of carbonyl (C=O) groups is 1. The molecule has 0 radical (unpaired) electrons. The van der Waals surface area contributed by atoms with Crippen molar-refractivity contribution in [2.45, 2.75) is 31.2 Å². The van der Waals surface area contributed by atoms with Gasteiger partial charge in [-0.3, -0.25) is 19.1 Å². The van der Waals surface area contributed by atoms with Crippen LogP contribution in [0, 0.1) is 0 Å². The zero-order valence-corrected chi connectivity index (χ0v) is 18.9. The van der Waals surface area contributed by atoms with Gasteiger partial charge in [0.2, 0.25) is 0 Å². The molecule has 4 aromatic rings. The maximum Gasteiger partial charge on any atom is 0.416 e. The summed E-state index contributed by atoms with van der Waals surface area (Å²) in [4.78, 5) is 35.6. The van der Waals surface area contributed by atoms with E-state index in [0.29, 0.717) is 24.3 Å². The van der Waals surface area contributed by atoms with Gasteiger partial charge in [0.1, 0.15) is 11.7 Å². The van der Waals surface area contributed by atoms with Gasteiger partial charge in [0.25, 0.3) is 11.5 Å². The highest BCUT2D eigenvalue weighted by molar-refractivity contribution is 5.93. The van der Waals surface area contributed by atoms with Crippen LogP contribution in [0.4, 0.5) is 13.2 Å². The first kappa shape index (κ1) is 23.7. The Bertz CT molecular complexity index is 1460. The van der Waals surface area contributed by atoms with E-state index in [9.17, 15) is 27.9 Å². The van der Waals surface area contributed by atoms with Gasteiger partial charge in [-0.1, -0.05) is 0 Å². The molecular weight excluding hydrogens is 477 g/mol. The lowest BCUT2D eigenvalue weighted by molar-refractivity contribution is -0.137. The lowest BCUT2D eigenvalue weighted by Crippen LogP contribution is -2.49. The summed E-state index contributed by atoms with van der Waals surface area (Å²) >= 11 is 0. The summed E-state index contributed by atoms with van der Waals surface area (Å²) in [6.07, 6.45) is 1.76. The van der Waals surface area contributed by atoms with Crippen molar-refractivity contribution in [2.75, 3.05) is 13.1 Å². The number of pyridine rings is 1. The second kappa shape index (κ2) is 8.86. The molecule has 9 nitrogen and oxygen atoms in total. The Kier molecular flexibility index (Phi) is 5.83. The van der Waals surface area contributed by atoms with Gasteiger partial charge in [-0.2, -0.15) is 18.3 Å². The predicted molar refractivity (Wildman–Crippen MR) is 122 cm³/mol. The van der Waals surface area contributed by atoms with Gasteiger partial charge >= 0.3 is 6.18 Å². The van der Waals surface area contributed by atoms with Crippen LogP contribution >= 0.6 is 0 Å². The molecule has 4 heterocycles. The number of likely N-dealkylation sites (tertiary alicyclic amines) is 1. The van der Waals surface area contributed by atoms with Gasteiger partial charge in [-0.25, -0.2) is 9.67 Å². The minimum atomic E-state index is -4.46. The number of aromatic nitrogens is 5. The quantitative estimate of drug-likeness (QED) is 0.464. The van der Waals surface area contributed by atoms with Gasteiger partial charge in [0, 0.05) is 25.5 Å². The number of piperidine rings is 1. The number of alkyl halides is 3. The average Bonchev–Trinajstić information content (AvgIpc) is 3.31. The van der Waals surface area contributed by atoms with Crippen molar-refractivity contribution in [1.82, 2.24) is 29.2 Å². The fourth-order valence-corrected chi connectivity index (χ4v) is 4.31. The van der Waals surface area contributed by atoms with Crippen LogP contribution < -0.4 is 5.56 Å². The van der Waals surface area contributed by atoms with Crippen LogP contribution in [0.1, 0.15) is 28.8 Å². The normalized spacial score (nSPS) is 15.8. The van der Waals surface area contributed by atoms with Crippen LogP contribution in [0.2, 0.25) is 0 Å². The molecule has 1 aliphatic rings. The van der Waals surface area contributed by atoms with E-state index in [-0.39, 0.29) is 36.3 Å². The van der Waals surface area contributed by atoms with E-state index in [4.69, 9.17) is 0 Å². The third-order valence-electron chi connectivity index (χ3n) is 6.35. The van der Waals surface area contributed by atoms with E-state index in [2.05, 4.69) is 15.1 Å². The number of benzene rings is 1. The minimum absolute atomic E-state index is 0.0187. The topological polar surface area (TPSA) is 106 Å². The predicted octanol–water partition coefficient (Wildman–Crippen LogP) is 2.66.